The Balaban J connectivity index is 1.26. The molecule has 2 heterocycles. The number of anilines is 1. The summed E-state index contributed by atoms with van der Waals surface area (Å²) in [5.74, 6) is 0.225. The third kappa shape index (κ3) is 5.42. The van der Waals surface area contributed by atoms with E-state index in [0.717, 1.165) is 44.8 Å². The standard InChI is InChI=1S/C24H30N4O3/c1-2-26-11-13-27(14-12-26)16-20-9-7-19(8-10-20)15-25-23(29)17-28-21-5-3-4-6-22(21)31-18-24(28)30/h3-10H,2,11-18H2,1H3,(H,25,29). The highest BCUT2D eigenvalue weighted by Gasteiger charge is 2.26. The molecule has 0 radical (unpaired) electrons. The Morgan fingerprint density at radius 2 is 1.65 bits per heavy atom. The number of para-hydroxylation sites is 2. The van der Waals surface area contributed by atoms with Crippen LogP contribution in [0.5, 0.6) is 5.75 Å². The van der Waals surface area contributed by atoms with Gasteiger partial charge in [0.2, 0.25) is 5.91 Å². The molecule has 4 rings (SSSR count). The molecule has 164 valence electrons. The predicted molar refractivity (Wildman–Crippen MR) is 120 cm³/mol. The molecular weight excluding hydrogens is 392 g/mol. The summed E-state index contributed by atoms with van der Waals surface area (Å²) in [6, 6.07) is 15.7. The van der Waals surface area contributed by atoms with Crippen LogP contribution in [-0.4, -0.2) is 67.5 Å². The number of benzene rings is 2. The van der Waals surface area contributed by atoms with E-state index in [-0.39, 0.29) is 25.0 Å². The summed E-state index contributed by atoms with van der Waals surface area (Å²) < 4.78 is 5.42. The number of fused-ring (bicyclic) bond motifs is 1. The summed E-state index contributed by atoms with van der Waals surface area (Å²) >= 11 is 0. The summed E-state index contributed by atoms with van der Waals surface area (Å²) in [7, 11) is 0. The third-order valence-corrected chi connectivity index (χ3v) is 5.94. The molecule has 0 saturated carbocycles. The lowest BCUT2D eigenvalue weighted by atomic mass is 10.1. The maximum Gasteiger partial charge on any atom is 0.265 e. The average Bonchev–Trinajstić information content (AvgIpc) is 2.81. The molecule has 0 atom stereocenters. The Labute approximate surface area is 183 Å². The van der Waals surface area contributed by atoms with E-state index in [9.17, 15) is 9.59 Å². The minimum absolute atomic E-state index is 0.0129. The van der Waals surface area contributed by atoms with Gasteiger partial charge in [-0.25, -0.2) is 0 Å². The van der Waals surface area contributed by atoms with Gasteiger partial charge in [-0.3, -0.25) is 19.4 Å². The van der Waals surface area contributed by atoms with Crippen LogP contribution in [0.3, 0.4) is 0 Å². The molecule has 2 aromatic rings. The highest BCUT2D eigenvalue weighted by molar-refractivity contribution is 6.02. The van der Waals surface area contributed by atoms with E-state index in [1.807, 2.05) is 12.1 Å². The van der Waals surface area contributed by atoms with Gasteiger partial charge in [0, 0.05) is 39.3 Å². The first-order valence-corrected chi connectivity index (χ1v) is 10.9. The maximum atomic E-state index is 12.5. The van der Waals surface area contributed by atoms with Gasteiger partial charge in [0.1, 0.15) is 12.3 Å². The number of amides is 2. The molecule has 7 nitrogen and oxygen atoms in total. The number of piperazine rings is 1. The number of nitrogens with zero attached hydrogens (tertiary/aromatic N) is 3. The first kappa shape index (κ1) is 21.3. The zero-order valence-electron chi connectivity index (χ0n) is 18.0. The quantitative estimate of drug-likeness (QED) is 0.738. The fourth-order valence-electron chi connectivity index (χ4n) is 4.01. The fourth-order valence-corrected chi connectivity index (χ4v) is 4.01. The molecule has 1 saturated heterocycles. The summed E-state index contributed by atoms with van der Waals surface area (Å²) in [6.07, 6.45) is 0. The normalized spacial score (nSPS) is 17.2. The van der Waals surface area contributed by atoms with Crippen molar-refractivity contribution < 1.29 is 14.3 Å². The Hall–Kier alpha value is -2.90. The van der Waals surface area contributed by atoms with Crippen molar-refractivity contribution in [1.29, 1.82) is 0 Å². The summed E-state index contributed by atoms with van der Waals surface area (Å²) in [6.45, 7) is 9.17. The smallest absolute Gasteiger partial charge is 0.265 e. The Morgan fingerprint density at radius 3 is 2.39 bits per heavy atom. The number of carbonyl (C=O) groups excluding carboxylic acids is 2. The molecule has 2 aromatic carbocycles. The topological polar surface area (TPSA) is 65.1 Å². The van der Waals surface area contributed by atoms with Gasteiger partial charge in [0.15, 0.2) is 6.61 Å². The van der Waals surface area contributed by atoms with Crippen LogP contribution in [0.4, 0.5) is 5.69 Å². The number of likely N-dealkylation sites (N-methyl/N-ethyl adjacent to an activating group) is 1. The highest BCUT2D eigenvalue weighted by Crippen LogP contribution is 2.31. The van der Waals surface area contributed by atoms with Crippen molar-refractivity contribution in [2.24, 2.45) is 0 Å². The van der Waals surface area contributed by atoms with Crippen LogP contribution in [0.25, 0.3) is 0 Å². The van der Waals surface area contributed by atoms with Gasteiger partial charge in [0.05, 0.1) is 5.69 Å². The minimum Gasteiger partial charge on any atom is -0.482 e. The first-order chi connectivity index (χ1) is 15.1. The predicted octanol–water partition coefficient (Wildman–Crippen LogP) is 1.87. The average molecular weight is 423 g/mol. The molecule has 31 heavy (non-hydrogen) atoms. The Kier molecular flexibility index (Phi) is 6.84. The minimum atomic E-state index is -0.210. The molecule has 7 heteroatoms. The van der Waals surface area contributed by atoms with Crippen molar-refractivity contribution in [2.75, 3.05) is 50.8 Å². The molecule has 1 N–H and O–H groups in total. The lowest BCUT2D eigenvalue weighted by Crippen LogP contribution is -2.45. The molecule has 0 spiro atoms. The summed E-state index contributed by atoms with van der Waals surface area (Å²) in [4.78, 5) is 31.1. The lowest BCUT2D eigenvalue weighted by molar-refractivity contribution is -0.125. The molecule has 0 aliphatic carbocycles. The molecule has 0 aromatic heterocycles. The molecular formula is C24H30N4O3. The van der Waals surface area contributed by atoms with E-state index < -0.39 is 0 Å². The molecule has 1 fully saturated rings. The number of nitrogens with one attached hydrogen (secondary N) is 1. The second kappa shape index (κ2) is 9.94. The van der Waals surface area contributed by atoms with E-state index in [2.05, 4.69) is 46.3 Å². The molecule has 2 amide bonds. The largest absolute Gasteiger partial charge is 0.482 e. The number of hydrogen-bond donors (Lipinski definition) is 1. The lowest BCUT2D eigenvalue weighted by Gasteiger charge is -2.34. The zero-order valence-corrected chi connectivity index (χ0v) is 18.0. The molecule has 2 aliphatic heterocycles. The van der Waals surface area contributed by atoms with Crippen LogP contribution in [0, 0.1) is 0 Å². The van der Waals surface area contributed by atoms with Crippen LogP contribution in [-0.2, 0) is 22.7 Å². The van der Waals surface area contributed by atoms with Gasteiger partial charge in [-0.05, 0) is 29.8 Å². The van der Waals surface area contributed by atoms with Crippen LogP contribution < -0.4 is 15.0 Å². The van der Waals surface area contributed by atoms with E-state index >= 15 is 0 Å². The van der Waals surface area contributed by atoms with Gasteiger partial charge in [-0.1, -0.05) is 43.3 Å². The van der Waals surface area contributed by atoms with Crippen molar-refractivity contribution in [3.8, 4) is 5.75 Å². The molecule has 0 bridgehead atoms. The van der Waals surface area contributed by atoms with Crippen LogP contribution >= 0.6 is 0 Å². The van der Waals surface area contributed by atoms with Crippen LogP contribution in [0.2, 0.25) is 0 Å². The van der Waals surface area contributed by atoms with Gasteiger partial charge in [0.25, 0.3) is 5.91 Å². The van der Waals surface area contributed by atoms with Crippen molar-refractivity contribution in [3.05, 3.63) is 59.7 Å². The van der Waals surface area contributed by atoms with E-state index in [1.165, 1.54) is 10.5 Å². The van der Waals surface area contributed by atoms with Gasteiger partial charge in [-0.15, -0.1) is 0 Å². The van der Waals surface area contributed by atoms with Gasteiger partial charge < -0.3 is 15.0 Å². The van der Waals surface area contributed by atoms with Crippen LogP contribution in [0.15, 0.2) is 48.5 Å². The number of hydrogen-bond acceptors (Lipinski definition) is 5. The number of ether oxygens (including phenoxy) is 1. The van der Waals surface area contributed by atoms with Crippen LogP contribution in [0.1, 0.15) is 18.1 Å². The summed E-state index contributed by atoms with van der Waals surface area (Å²) in [5, 5.41) is 2.92. The zero-order chi connectivity index (χ0) is 21.6. The summed E-state index contributed by atoms with van der Waals surface area (Å²) in [5.41, 5.74) is 2.97. The maximum absolute atomic E-state index is 12.5. The van der Waals surface area contributed by atoms with E-state index in [1.54, 1.807) is 12.1 Å². The van der Waals surface area contributed by atoms with E-state index in [0.29, 0.717) is 18.0 Å². The second-order valence-corrected chi connectivity index (χ2v) is 8.04. The SMILES string of the molecule is CCN1CCN(Cc2ccc(CNC(=O)CN3C(=O)COc4ccccc43)cc2)CC1. The Bertz CT molecular complexity index is 907. The van der Waals surface area contributed by atoms with Gasteiger partial charge >= 0.3 is 0 Å². The monoisotopic (exact) mass is 422 g/mol. The van der Waals surface area contributed by atoms with Crippen molar-refractivity contribution in [1.82, 2.24) is 15.1 Å². The second-order valence-electron chi connectivity index (χ2n) is 8.04. The van der Waals surface area contributed by atoms with Crippen molar-refractivity contribution >= 4 is 17.5 Å². The molecule has 0 unspecified atom stereocenters. The van der Waals surface area contributed by atoms with Crippen molar-refractivity contribution in [3.63, 3.8) is 0 Å². The third-order valence-electron chi connectivity index (χ3n) is 5.94. The first-order valence-electron chi connectivity index (χ1n) is 10.9. The van der Waals surface area contributed by atoms with E-state index in [4.69, 9.17) is 4.74 Å². The fraction of sp³-hybridized carbons (Fsp3) is 0.417. The number of carbonyl (C=O) groups is 2. The van der Waals surface area contributed by atoms with Crippen molar-refractivity contribution in [2.45, 2.75) is 20.0 Å². The molecule has 2 aliphatic rings. The highest BCUT2D eigenvalue weighted by atomic mass is 16.5. The number of rotatable bonds is 7. The van der Waals surface area contributed by atoms with Gasteiger partial charge in [-0.2, -0.15) is 0 Å². The Morgan fingerprint density at radius 1 is 0.968 bits per heavy atom.